The minimum Gasteiger partial charge on any atom is -0.207 e. The van der Waals surface area contributed by atoms with Crippen LogP contribution in [0.1, 0.15) is 31.9 Å². The van der Waals surface area contributed by atoms with E-state index in [1.807, 2.05) is 0 Å². The van der Waals surface area contributed by atoms with Gasteiger partial charge in [0.05, 0.1) is 21.2 Å². The Hall–Kier alpha value is -1.55. The van der Waals surface area contributed by atoms with E-state index >= 15 is 0 Å². The monoisotopic (exact) mass is 450 g/mol. The van der Waals surface area contributed by atoms with Crippen molar-refractivity contribution in [3.8, 4) is 11.1 Å². The summed E-state index contributed by atoms with van der Waals surface area (Å²) in [6.45, 7) is 6.56. The zero-order valence-corrected chi connectivity index (χ0v) is 17.9. The van der Waals surface area contributed by atoms with Gasteiger partial charge in [0.15, 0.2) is 0 Å². The van der Waals surface area contributed by atoms with Crippen LogP contribution in [-0.2, 0) is 28.6 Å². The molecule has 28 heavy (non-hydrogen) atoms. The zero-order chi connectivity index (χ0) is 21.5. The van der Waals surface area contributed by atoms with Gasteiger partial charge in [-0.3, -0.25) is 0 Å². The van der Waals surface area contributed by atoms with Crippen LogP contribution in [0.5, 0.6) is 0 Å². The second-order valence-corrected chi connectivity index (χ2v) is 9.52. The zero-order valence-electron chi connectivity index (χ0n) is 15.5. The molecule has 1 N–H and O–H groups in total. The molecule has 152 valence electrons. The summed E-state index contributed by atoms with van der Waals surface area (Å²) >= 11 is 10.6. The summed E-state index contributed by atoms with van der Waals surface area (Å²) in [5.41, 5.74) is -1.83. The fourth-order valence-electron chi connectivity index (χ4n) is 2.67. The van der Waals surface area contributed by atoms with Gasteiger partial charge in [0.25, 0.3) is 0 Å². The van der Waals surface area contributed by atoms with Crippen molar-refractivity contribution in [1.29, 1.82) is 0 Å². The predicted octanol–water partition coefficient (Wildman–Crippen LogP) is 5.77. The van der Waals surface area contributed by atoms with Crippen molar-refractivity contribution in [3.05, 3.63) is 46.5 Å². The van der Waals surface area contributed by atoms with Crippen LogP contribution >= 0.6 is 11.6 Å². The number of alkyl halides is 3. The van der Waals surface area contributed by atoms with E-state index in [0.29, 0.717) is 5.56 Å². The molecular weight excluding hydrogens is 433 g/mol. The Labute approximate surface area is 172 Å². The summed E-state index contributed by atoms with van der Waals surface area (Å²) < 4.78 is 72.1. The largest absolute Gasteiger partial charge is 0.417 e. The highest BCUT2D eigenvalue weighted by Gasteiger charge is 2.36. The third kappa shape index (κ3) is 5.08. The minimum absolute atomic E-state index is 0.0214. The Kier molecular flexibility index (Phi) is 6.25. The molecule has 0 aliphatic carbocycles. The van der Waals surface area contributed by atoms with Crippen LogP contribution in [0.15, 0.2) is 39.6 Å². The summed E-state index contributed by atoms with van der Waals surface area (Å²) in [5.74, 6) is 0. The summed E-state index contributed by atoms with van der Waals surface area (Å²) in [6, 6.07) is 6.02. The number of aryl methyl sites for hydroxylation is 1. The third-order valence-electron chi connectivity index (χ3n) is 3.69. The average molecular weight is 451 g/mol. The Balaban J connectivity index is 2.77. The van der Waals surface area contributed by atoms with Crippen molar-refractivity contribution in [2.24, 2.45) is 4.36 Å². The van der Waals surface area contributed by atoms with Gasteiger partial charge in [-0.05, 0) is 57.0 Å². The summed E-state index contributed by atoms with van der Waals surface area (Å²) in [7, 11) is -3.96. The van der Waals surface area contributed by atoms with Crippen LogP contribution in [0, 0.1) is 6.92 Å². The number of benzene rings is 2. The number of nitrogens with one attached hydrogen (secondary N) is 1. The predicted molar refractivity (Wildman–Crippen MR) is 106 cm³/mol. The van der Waals surface area contributed by atoms with Crippen LogP contribution in [0.4, 0.5) is 18.9 Å². The quantitative estimate of drug-likeness (QED) is 0.643. The van der Waals surface area contributed by atoms with Gasteiger partial charge in [0.2, 0.25) is 10.0 Å². The average Bonchev–Trinajstić information content (AvgIpc) is 2.51. The van der Waals surface area contributed by atoms with Gasteiger partial charge in [-0.15, -0.1) is 0 Å². The highest BCUT2D eigenvalue weighted by Crippen LogP contribution is 2.44. The van der Waals surface area contributed by atoms with Crippen molar-refractivity contribution >= 4 is 39.7 Å². The fraction of sp³-hybridized carbons (Fsp3) is 0.333. The summed E-state index contributed by atoms with van der Waals surface area (Å²) in [6.07, 6.45) is -4.73. The fourth-order valence-corrected chi connectivity index (χ4v) is 4.78. The lowest BCUT2D eigenvalue weighted by atomic mass is 9.97. The number of halogens is 4. The normalized spacial score (nSPS) is 12.9. The molecule has 0 bridgehead atoms. The molecule has 0 heterocycles. The van der Waals surface area contributed by atoms with Crippen LogP contribution in [0.2, 0.25) is 5.02 Å². The number of rotatable bonds is 4. The van der Waals surface area contributed by atoms with E-state index in [1.165, 1.54) is 24.3 Å². The Morgan fingerprint density at radius 3 is 2.21 bits per heavy atom. The summed E-state index contributed by atoms with van der Waals surface area (Å²) in [5, 5.41) is -0.227. The van der Waals surface area contributed by atoms with Gasteiger partial charge in [-0.25, -0.2) is 13.1 Å². The molecule has 10 heteroatoms. The van der Waals surface area contributed by atoms with E-state index in [9.17, 15) is 21.6 Å². The summed E-state index contributed by atoms with van der Waals surface area (Å²) in [4.78, 5) is -0.124. The van der Waals surface area contributed by atoms with E-state index in [-0.39, 0.29) is 26.7 Å². The Morgan fingerprint density at radius 1 is 1.11 bits per heavy atom. The molecule has 2 aromatic rings. The lowest BCUT2D eigenvalue weighted by Gasteiger charge is -2.22. The van der Waals surface area contributed by atoms with E-state index < -0.39 is 27.3 Å². The highest BCUT2D eigenvalue weighted by molar-refractivity contribution is 7.89. The smallest absolute Gasteiger partial charge is 0.207 e. The van der Waals surface area contributed by atoms with E-state index in [1.54, 1.807) is 27.7 Å². The molecule has 4 nitrogen and oxygen atoms in total. The van der Waals surface area contributed by atoms with Crippen molar-refractivity contribution in [3.63, 3.8) is 0 Å². The lowest BCUT2D eigenvalue weighted by Crippen LogP contribution is -2.40. The number of nitrogens with zero attached hydrogens (tertiary/aromatic N) is 1. The second kappa shape index (κ2) is 7.70. The van der Waals surface area contributed by atoms with Crippen molar-refractivity contribution in [2.75, 3.05) is 0 Å². The molecule has 0 spiro atoms. The first-order valence-corrected chi connectivity index (χ1v) is 10.3. The number of sulfonamides is 1. The molecule has 0 fully saturated rings. The molecule has 2 rings (SSSR count). The van der Waals surface area contributed by atoms with Gasteiger partial charge >= 0.3 is 6.18 Å². The molecule has 0 saturated carbocycles. The van der Waals surface area contributed by atoms with Crippen molar-refractivity contribution in [2.45, 2.75) is 44.3 Å². The van der Waals surface area contributed by atoms with Crippen LogP contribution in [0.25, 0.3) is 11.1 Å². The molecule has 0 aromatic heterocycles. The Bertz CT molecular complexity index is 1030. The van der Waals surface area contributed by atoms with Crippen molar-refractivity contribution in [1.82, 2.24) is 4.72 Å². The van der Waals surface area contributed by atoms with Gasteiger partial charge in [0.1, 0.15) is 0 Å². The van der Waals surface area contributed by atoms with Crippen LogP contribution < -0.4 is 4.72 Å². The maximum atomic E-state index is 13.6. The molecule has 0 aliphatic heterocycles. The molecule has 2 aromatic carbocycles. The molecule has 0 amide bonds. The van der Waals surface area contributed by atoms with E-state index in [4.69, 9.17) is 11.6 Å². The molecule has 0 saturated heterocycles. The number of hydrogen-bond acceptors (Lipinski definition) is 4. The van der Waals surface area contributed by atoms with Gasteiger partial charge in [-0.1, -0.05) is 23.7 Å². The number of hydrogen-bond donors (Lipinski definition) is 1. The van der Waals surface area contributed by atoms with Crippen LogP contribution in [0.3, 0.4) is 0 Å². The lowest BCUT2D eigenvalue weighted by molar-refractivity contribution is -0.137. The molecule has 0 atom stereocenters. The first-order valence-electron chi connectivity index (χ1n) is 8.05. The molecule has 0 aliphatic rings. The SMILES string of the molecule is Cc1ccc(-c2c(Cl)cc(N=S)cc2C(F)(F)F)cc1S(=O)(=O)NC(C)(C)C. The van der Waals surface area contributed by atoms with Gasteiger partial charge in [-0.2, -0.15) is 17.5 Å². The molecule has 0 unspecified atom stereocenters. The minimum atomic E-state index is -4.73. The van der Waals surface area contributed by atoms with Crippen LogP contribution in [-0.4, -0.2) is 14.0 Å². The first-order chi connectivity index (χ1) is 12.7. The maximum absolute atomic E-state index is 13.6. The van der Waals surface area contributed by atoms with E-state index in [0.717, 1.165) is 6.07 Å². The van der Waals surface area contributed by atoms with Gasteiger partial charge in [0, 0.05) is 23.5 Å². The standard InChI is InChI=1S/C18H18ClF3N2O2S2/c1-10-5-6-11(7-15(10)28(25,26)24-17(2,3)4)16-13(18(20,21)22)8-12(23-27)9-14(16)19/h5-9,24H,1-4H3. The van der Waals surface area contributed by atoms with E-state index in [2.05, 4.69) is 21.5 Å². The molecular formula is C18H18ClF3N2O2S2. The maximum Gasteiger partial charge on any atom is 0.417 e. The third-order valence-corrected chi connectivity index (χ3v) is 6.10. The topological polar surface area (TPSA) is 58.5 Å². The van der Waals surface area contributed by atoms with Gasteiger partial charge < -0.3 is 0 Å². The second-order valence-electron chi connectivity index (χ2n) is 7.27. The highest BCUT2D eigenvalue weighted by atomic mass is 35.5. The molecule has 0 radical (unpaired) electrons. The van der Waals surface area contributed by atoms with Crippen molar-refractivity contribution < 1.29 is 21.6 Å². The first kappa shape index (κ1) is 22.7. The Morgan fingerprint density at radius 2 is 1.71 bits per heavy atom.